The van der Waals surface area contributed by atoms with Crippen molar-refractivity contribution in [2.24, 2.45) is 0 Å². The predicted octanol–water partition coefficient (Wildman–Crippen LogP) is 3.45. The van der Waals surface area contributed by atoms with Crippen molar-refractivity contribution in [2.45, 2.75) is 0 Å². The number of hydrogen-bond acceptors (Lipinski definition) is 8. The lowest BCUT2D eigenvalue weighted by atomic mass is 10.1. The van der Waals surface area contributed by atoms with Crippen LogP contribution >= 0.6 is 0 Å². The van der Waals surface area contributed by atoms with Crippen LogP contribution in [0.15, 0.2) is 72.8 Å². The molecule has 0 amide bonds. The average molecular weight is 436 g/mol. The lowest BCUT2D eigenvalue weighted by Gasteiger charge is -2.08. The molecule has 0 spiro atoms. The van der Waals surface area contributed by atoms with Crippen LogP contribution in [0.4, 0.5) is 11.4 Å². The molecule has 162 valence electrons. The Bertz CT molecular complexity index is 1050. The highest BCUT2D eigenvalue weighted by Crippen LogP contribution is 2.13. The quantitative estimate of drug-likeness (QED) is 0.386. The molecule has 0 atom stereocenters. The number of carboxylic acids is 2. The molecule has 3 rings (SSSR count). The molecule has 0 heterocycles. The van der Waals surface area contributed by atoms with Crippen molar-refractivity contribution in [3.63, 3.8) is 0 Å². The van der Waals surface area contributed by atoms with Gasteiger partial charge in [-0.3, -0.25) is 0 Å². The molecule has 4 N–H and O–H groups in total. The Hall–Kier alpha value is -4.86. The Kier molecular flexibility index (Phi) is 6.66. The van der Waals surface area contributed by atoms with Gasteiger partial charge in [0.05, 0.1) is 33.6 Å². The molecule has 32 heavy (non-hydrogen) atoms. The topological polar surface area (TPSA) is 151 Å². The van der Waals surface area contributed by atoms with Crippen molar-refractivity contribution in [3.05, 3.63) is 95.1 Å². The fraction of sp³-hybridized carbons (Fsp3) is 0. The number of hydrogen-bond donors (Lipinski definition) is 4. The number of benzene rings is 3. The number of anilines is 2. The highest BCUT2D eigenvalue weighted by Gasteiger charge is 2.12. The van der Waals surface area contributed by atoms with Gasteiger partial charge in [-0.2, -0.15) is 0 Å². The third kappa shape index (κ3) is 5.60. The van der Waals surface area contributed by atoms with Crippen LogP contribution < -0.4 is 11.0 Å². The summed E-state index contributed by atoms with van der Waals surface area (Å²) in [6.07, 6.45) is 0. The summed E-state index contributed by atoms with van der Waals surface area (Å²) in [5.41, 5.74) is 6.10. The van der Waals surface area contributed by atoms with Gasteiger partial charge in [0.15, 0.2) is 0 Å². The molecule has 10 heteroatoms. The van der Waals surface area contributed by atoms with Crippen LogP contribution in [0.25, 0.3) is 0 Å². The molecule has 0 saturated heterocycles. The number of carbonyl (C=O) groups excluding carboxylic acids is 2. The standard InChI is InChI=1S/C22H16N2O8/c25-19(26)13-5-9-17(10-6-13)23-31-21(29)15-1-2-16(4-3-15)22(30)32-24-18-11-7-14(8-12-18)20(27)28/h1-12,23-24H,(H,25,26)(H,27,28). The largest absolute Gasteiger partial charge is 0.478 e. The van der Waals surface area contributed by atoms with Crippen molar-refractivity contribution in [1.82, 2.24) is 0 Å². The maximum Gasteiger partial charge on any atom is 0.362 e. The lowest BCUT2D eigenvalue weighted by molar-refractivity contribution is 0.0582. The summed E-state index contributed by atoms with van der Waals surface area (Å²) in [6.45, 7) is 0. The Balaban J connectivity index is 1.51. The fourth-order valence-corrected chi connectivity index (χ4v) is 2.43. The molecule has 10 nitrogen and oxygen atoms in total. The highest BCUT2D eigenvalue weighted by atomic mass is 16.7. The Morgan fingerprint density at radius 1 is 0.500 bits per heavy atom. The SMILES string of the molecule is O=C(O)c1ccc(NOC(=O)c2ccc(C(=O)ONc3ccc(C(=O)O)cc3)cc2)cc1. The van der Waals surface area contributed by atoms with E-state index >= 15 is 0 Å². The van der Waals surface area contributed by atoms with Crippen molar-refractivity contribution >= 4 is 35.3 Å². The van der Waals surface area contributed by atoms with E-state index in [0.717, 1.165) is 0 Å². The van der Waals surface area contributed by atoms with E-state index in [1.54, 1.807) is 0 Å². The molecule has 0 aromatic heterocycles. The van der Waals surface area contributed by atoms with Crippen LogP contribution in [-0.2, 0) is 9.68 Å². The summed E-state index contributed by atoms with van der Waals surface area (Å²) >= 11 is 0. The normalized spacial score (nSPS) is 10.0. The minimum absolute atomic E-state index is 0.0936. The van der Waals surface area contributed by atoms with Crippen LogP contribution in [0.3, 0.4) is 0 Å². The zero-order chi connectivity index (χ0) is 23.1. The molecule has 0 bridgehead atoms. The fourth-order valence-electron chi connectivity index (χ4n) is 2.43. The molecule has 0 saturated carbocycles. The molecule has 3 aromatic carbocycles. The average Bonchev–Trinajstić information content (AvgIpc) is 2.81. The van der Waals surface area contributed by atoms with E-state index in [1.165, 1.54) is 72.8 Å². The monoisotopic (exact) mass is 436 g/mol. The van der Waals surface area contributed by atoms with Gasteiger partial charge in [-0.25, -0.2) is 30.1 Å². The maximum absolute atomic E-state index is 12.1. The molecule has 0 fully saturated rings. The number of rotatable bonds is 8. The zero-order valence-corrected chi connectivity index (χ0v) is 16.3. The predicted molar refractivity (Wildman–Crippen MR) is 111 cm³/mol. The van der Waals surface area contributed by atoms with Gasteiger partial charge in [0.25, 0.3) is 0 Å². The summed E-state index contributed by atoms with van der Waals surface area (Å²) in [7, 11) is 0. The Morgan fingerprint density at radius 3 is 1.06 bits per heavy atom. The van der Waals surface area contributed by atoms with Gasteiger partial charge in [-0.15, -0.1) is 0 Å². The summed E-state index contributed by atoms with van der Waals surface area (Å²) in [4.78, 5) is 55.8. The minimum atomic E-state index is -1.07. The Morgan fingerprint density at radius 2 is 0.781 bits per heavy atom. The van der Waals surface area contributed by atoms with E-state index in [0.29, 0.717) is 11.4 Å². The van der Waals surface area contributed by atoms with Gasteiger partial charge in [-0.1, -0.05) is 0 Å². The molecular formula is C22H16N2O8. The van der Waals surface area contributed by atoms with Crippen molar-refractivity contribution in [3.8, 4) is 0 Å². The Labute approximate surface area is 180 Å². The summed E-state index contributed by atoms with van der Waals surface area (Å²) in [5, 5.41) is 17.7. The molecule has 0 aliphatic rings. The van der Waals surface area contributed by atoms with Crippen molar-refractivity contribution in [1.29, 1.82) is 0 Å². The van der Waals surface area contributed by atoms with E-state index in [4.69, 9.17) is 19.9 Å². The zero-order valence-electron chi connectivity index (χ0n) is 16.3. The van der Waals surface area contributed by atoms with Gasteiger partial charge in [0, 0.05) is 0 Å². The first-order valence-electron chi connectivity index (χ1n) is 9.04. The molecule has 3 aromatic rings. The molecule has 0 aliphatic carbocycles. The first kappa shape index (κ1) is 21.8. The third-order valence-corrected chi connectivity index (χ3v) is 4.14. The van der Waals surface area contributed by atoms with E-state index in [9.17, 15) is 19.2 Å². The summed E-state index contributed by atoms with van der Waals surface area (Å²) in [6, 6.07) is 16.7. The number of carbonyl (C=O) groups is 4. The van der Waals surface area contributed by atoms with E-state index in [2.05, 4.69) is 11.0 Å². The van der Waals surface area contributed by atoms with Crippen molar-refractivity contribution in [2.75, 3.05) is 11.0 Å². The number of nitrogens with one attached hydrogen (secondary N) is 2. The third-order valence-electron chi connectivity index (χ3n) is 4.14. The second-order valence-corrected chi connectivity index (χ2v) is 6.33. The van der Waals surface area contributed by atoms with Gasteiger partial charge in [0.1, 0.15) is 0 Å². The van der Waals surface area contributed by atoms with E-state index < -0.39 is 23.9 Å². The van der Waals surface area contributed by atoms with Gasteiger partial charge < -0.3 is 19.9 Å². The van der Waals surface area contributed by atoms with E-state index in [1.807, 2.05) is 0 Å². The van der Waals surface area contributed by atoms with Gasteiger partial charge in [0.2, 0.25) is 0 Å². The van der Waals surface area contributed by atoms with Gasteiger partial charge in [-0.05, 0) is 72.8 Å². The smallest absolute Gasteiger partial charge is 0.362 e. The van der Waals surface area contributed by atoms with Crippen LogP contribution in [-0.4, -0.2) is 34.1 Å². The molecule has 0 aliphatic heterocycles. The summed E-state index contributed by atoms with van der Waals surface area (Å²) < 4.78 is 0. The first-order chi connectivity index (χ1) is 15.3. The maximum atomic E-state index is 12.1. The van der Waals surface area contributed by atoms with Crippen LogP contribution in [0.5, 0.6) is 0 Å². The highest BCUT2D eigenvalue weighted by molar-refractivity contribution is 5.94. The van der Waals surface area contributed by atoms with Crippen LogP contribution in [0, 0.1) is 0 Å². The minimum Gasteiger partial charge on any atom is -0.478 e. The second-order valence-electron chi connectivity index (χ2n) is 6.33. The van der Waals surface area contributed by atoms with E-state index in [-0.39, 0.29) is 22.3 Å². The molecule has 0 unspecified atom stereocenters. The first-order valence-corrected chi connectivity index (χ1v) is 9.04. The molecule has 0 radical (unpaired) electrons. The van der Waals surface area contributed by atoms with Crippen molar-refractivity contribution < 1.29 is 39.1 Å². The van der Waals surface area contributed by atoms with Gasteiger partial charge >= 0.3 is 23.9 Å². The number of aromatic carboxylic acids is 2. The van der Waals surface area contributed by atoms with Crippen LogP contribution in [0.2, 0.25) is 0 Å². The lowest BCUT2D eigenvalue weighted by Crippen LogP contribution is -2.13. The molecular weight excluding hydrogens is 420 g/mol. The second kappa shape index (κ2) is 9.76. The van der Waals surface area contributed by atoms with Crippen LogP contribution in [0.1, 0.15) is 41.4 Å². The summed E-state index contributed by atoms with van der Waals surface area (Å²) in [5.74, 6) is -3.58. The number of carboxylic acid groups (broad SMARTS) is 2.